The predicted octanol–water partition coefficient (Wildman–Crippen LogP) is 2.25. The maximum Gasteiger partial charge on any atom is 0.320 e. The van der Waals surface area contributed by atoms with E-state index in [4.69, 9.17) is 4.74 Å². The van der Waals surface area contributed by atoms with Gasteiger partial charge in [-0.2, -0.15) is 0 Å². The van der Waals surface area contributed by atoms with E-state index in [1.165, 1.54) is 0 Å². The number of halogens is 1. The van der Waals surface area contributed by atoms with E-state index in [9.17, 15) is 9.59 Å². The third-order valence-electron chi connectivity index (χ3n) is 4.27. The minimum atomic E-state index is -0.231. The Hall–Kier alpha value is -1.86. The highest BCUT2D eigenvalue weighted by molar-refractivity contribution is 9.10. The Labute approximate surface area is 148 Å². The van der Waals surface area contributed by atoms with E-state index in [0.717, 1.165) is 15.4 Å². The van der Waals surface area contributed by atoms with E-state index < -0.39 is 0 Å². The molecule has 1 amide bonds. The SMILES string of the molecule is CCOC(=O)CN(C)C1CN(C(=O)c2cc3cc(Br)ccc3[nH]2)C1. The van der Waals surface area contributed by atoms with Crippen molar-refractivity contribution in [2.45, 2.75) is 13.0 Å². The summed E-state index contributed by atoms with van der Waals surface area (Å²) >= 11 is 3.43. The molecule has 1 aliphatic heterocycles. The molecule has 2 aromatic rings. The maximum absolute atomic E-state index is 12.5. The number of likely N-dealkylation sites (N-methyl/N-ethyl adjacent to an activating group) is 1. The minimum Gasteiger partial charge on any atom is -0.465 e. The summed E-state index contributed by atoms with van der Waals surface area (Å²) in [6.45, 7) is 3.67. The Morgan fingerprint density at radius 3 is 2.83 bits per heavy atom. The highest BCUT2D eigenvalue weighted by atomic mass is 79.9. The van der Waals surface area contributed by atoms with Gasteiger partial charge in [0, 0.05) is 34.5 Å². The van der Waals surface area contributed by atoms with Crippen molar-refractivity contribution in [2.24, 2.45) is 0 Å². The zero-order chi connectivity index (χ0) is 17.3. The van der Waals surface area contributed by atoms with Crippen LogP contribution in [0, 0.1) is 0 Å². The summed E-state index contributed by atoms with van der Waals surface area (Å²) in [6, 6.07) is 7.93. The van der Waals surface area contributed by atoms with Gasteiger partial charge in [0.05, 0.1) is 13.2 Å². The van der Waals surface area contributed by atoms with Crippen LogP contribution in [0.5, 0.6) is 0 Å². The lowest BCUT2D eigenvalue weighted by atomic mass is 10.1. The van der Waals surface area contributed by atoms with E-state index >= 15 is 0 Å². The van der Waals surface area contributed by atoms with Crippen LogP contribution in [-0.2, 0) is 9.53 Å². The van der Waals surface area contributed by atoms with Gasteiger partial charge < -0.3 is 14.6 Å². The fourth-order valence-electron chi connectivity index (χ4n) is 2.83. The van der Waals surface area contributed by atoms with E-state index in [0.29, 0.717) is 25.4 Å². The standard InChI is InChI=1S/C17H20BrN3O3/c1-3-24-16(22)10-20(2)13-8-21(9-13)17(23)15-7-11-6-12(18)4-5-14(11)19-15/h4-7,13,19H,3,8-10H2,1-2H3. The third kappa shape index (κ3) is 3.47. The van der Waals surface area contributed by atoms with E-state index in [2.05, 4.69) is 20.9 Å². The smallest absolute Gasteiger partial charge is 0.320 e. The molecular weight excluding hydrogens is 374 g/mol. The van der Waals surface area contributed by atoms with Crippen molar-refractivity contribution in [3.05, 3.63) is 34.4 Å². The molecule has 3 rings (SSSR count). The number of carbonyl (C=O) groups excluding carboxylic acids is 2. The first kappa shape index (κ1) is 17.0. The van der Waals surface area contributed by atoms with Gasteiger partial charge in [-0.05, 0) is 38.2 Å². The summed E-state index contributed by atoms with van der Waals surface area (Å²) in [6.07, 6.45) is 0. The van der Waals surface area contributed by atoms with Gasteiger partial charge >= 0.3 is 5.97 Å². The number of benzene rings is 1. The molecule has 24 heavy (non-hydrogen) atoms. The van der Waals surface area contributed by atoms with Crippen LogP contribution in [0.1, 0.15) is 17.4 Å². The van der Waals surface area contributed by atoms with Gasteiger partial charge in [-0.15, -0.1) is 0 Å². The van der Waals surface area contributed by atoms with Crippen LogP contribution in [0.4, 0.5) is 0 Å². The Bertz CT molecular complexity index is 768. The number of nitrogens with one attached hydrogen (secondary N) is 1. The van der Waals surface area contributed by atoms with Crippen LogP contribution in [0.15, 0.2) is 28.7 Å². The molecule has 1 aliphatic rings. The molecule has 0 aliphatic carbocycles. The number of hydrogen-bond acceptors (Lipinski definition) is 4. The number of amides is 1. The van der Waals surface area contributed by atoms with Crippen molar-refractivity contribution in [2.75, 3.05) is 33.3 Å². The Balaban J connectivity index is 1.58. The van der Waals surface area contributed by atoms with Crippen LogP contribution in [0.3, 0.4) is 0 Å². The van der Waals surface area contributed by atoms with Gasteiger partial charge in [0.15, 0.2) is 0 Å². The minimum absolute atomic E-state index is 0.0110. The Morgan fingerprint density at radius 2 is 2.12 bits per heavy atom. The van der Waals surface area contributed by atoms with Crippen molar-refractivity contribution in [3.8, 4) is 0 Å². The molecule has 1 aromatic carbocycles. The average Bonchev–Trinajstić information content (AvgIpc) is 2.88. The third-order valence-corrected chi connectivity index (χ3v) is 4.76. The van der Waals surface area contributed by atoms with E-state index in [-0.39, 0.29) is 24.5 Å². The number of carbonyl (C=O) groups is 2. The average molecular weight is 394 g/mol. The molecule has 7 heteroatoms. The monoisotopic (exact) mass is 393 g/mol. The molecule has 128 valence electrons. The molecule has 1 fully saturated rings. The normalized spacial score (nSPS) is 14.9. The molecular formula is C17H20BrN3O3. The molecule has 1 saturated heterocycles. The number of rotatable bonds is 5. The fourth-order valence-corrected chi connectivity index (χ4v) is 3.21. The van der Waals surface area contributed by atoms with Crippen molar-refractivity contribution in [1.29, 1.82) is 0 Å². The van der Waals surface area contributed by atoms with Crippen molar-refractivity contribution < 1.29 is 14.3 Å². The molecule has 1 N–H and O–H groups in total. The van der Waals surface area contributed by atoms with E-state index in [1.54, 1.807) is 11.8 Å². The van der Waals surface area contributed by atoms with Crippen molar-refractivity contribution in [1.82, 2.24) is 14.8 Å². The zero-order valence-electron chi connectivity index (χ0n) is 13.7. The number of ether oxygens (including phenoxy) is 1. The summed E-state index contributed by atoms with van der Waals surface area (Å²) in [5.41, 5.74) is 1.53. The van der Waals surface area contributed by atoms with Gasteiger partial charge in [-0.25, -0.2) is 0 Å². The number of hydrogen-bond donors (Lipinski definition) is 1. The summed E-state index contributed by atoms with van der Waals surface area (Å²) in [4.78, 5) is 30.9. The molecule has 0 saturated carbocycles. The predicted molar refractivity (Wildman–Crippen MR) is 95.0 cm³/mol. The van der Waals surface area contributed by atoms with Gasteiger partial charge in [0.1, 0.15) is 5.69 Å². The first-order valence-electron chi connectivity index (χ1n) is 7.91. The summed E-state index contributed by atoms with van der Waals surface area (Å²) in [5.74, 6) is -0.242. The molecule has 0 radical (unpaired) electrons. The maximum atomic E-state index is 12.5. The second kappa shape index (κ2) is 6.94. The molecule has 0 atom stereocenters. The number of esters is 1. The van der Waals surface area contributed by atoms with Crippen LogP contribution >= 0.6 is 15.9 Å². The number of fused-ring (bicyclic) bond motifs is 1. The van der Waals surface area contributed by atoms with Crippen LogP contribution in [-0.4, -0.2) is 66.0 Å². The lowest BCUT2D eigenvalue weighted by Crippen LogP contribution is -2.60. The van der Waals surface area contributed by atoms with Crippen molar-refractivity contribution in [3.63, 3.8) is 0 Å². The van der Waals surface area contributed by atoms with Gasteiger partial charge in [-0.1, -0.05) is 15.9 Å². The lowest BCUT2D eigenvalue weighted by molar-refractivity contribution is -0.145. The van der Waals surface area contributed by atoms with E-state index in [1.807, 2.05) is 36.2 Å². The first-order chi connectivity index (χ1) is 11.5. The number of nitrogens with zero attached hydrogens (tertiary/aromatic N) is 2. The first-order valence-corrected chi connectivity index (χ1v) is 8.70. The molecule has 0 bridgehead atoms. The largest absolute Gasteiger partial charge is 0.465 e. The number of aromatic nitrogens is 1. The van der Waals surface area contributed by atoms with Crippen molar-refractivity contribution >= 4 is 38.7 Å². The quantitative estimate of drug-likeness (QED) is 0.791. The topological polar surface area (TPSA) is 65.6 Å². The van der Waals surface area contributed by atoms with Gasteiger partial charge in [-0.3, -0.25) is 14.5 Å². The Morgan fingerprint density at radius 1 is 1.38 bits per heavy atom. The highest BCUT2D eigenvalue weighted by Crippen LogP contribution is 2.23. The molecule has 1 aromatic heterocycles. The highest BCUT2D eigenvalue weighted by Gasteiger charge is 2.35. The zero-order valence-corrected chi connectivity index (χ0v) is 15.3. The lowest BCUT2D eigenvalue weighted by Gasteiger charge is -2.43. The number of H-pyrrole nitrogens is 1. The Kier molecular flexibility index (Phi) is 4.91. The molecule has 2 heterocycles. The van der Waals surface area contributed by atoms with Crippen LogP contribution < -0.4 is 0 Å². The number of likely N-dealkylation sites (tertiary alicyclic amines) is 1. The molecule has 0 spiro atoms. The van der Waals surface area contributed by atoms with Crippen LogP contribution in [0.25, 0.3) is 10.9 Å². The molecule has 0 unspecified atom stereocenters. The van der Waals surface area contributed by atoms with Gasteiger partial charge in [0.2, 0.25) is 0 Å². The number of aromatic amines is 1. The summed E-state index contributed by atoms with van der Waals surface area (Å²) < 4.78 is 5.93. The van der Waals surface area contributed by atoms with Gasteiger partial charge in [0.25, 0.3) is 5.91 Å². The second-order valence-electron chi connectivity index (χ2n) is 6.00. The summed E-state index contributed by atoms with van der Waals surface area (Å²) in [5, 5.41) is 1.00. The second-order valence-corrected chi connectivity index (χ2v) is 6.91. The molecule has 6 nitrogen and oxygen atoms in total. The van der Waals surface area contributed by atoms with Crippen LogP contribution in [0.2, 0.25) is 0 Å². The summed E-state index contributed by atoms with van der Waals surface area (Å²) in [7, 11) is 1.88. The fraction of sp³-hybridized carbons (Fsp3) is 0.412.